The van der Waals surface area contributed by atoms with Crippen LogP contribution in [0.3, 0.4) is 0 Å². The van der Waals surface area contributed by atoms with Gasteiger partial charge < -0.3 is 10.2 Å². The second kappa shape index (κ2) is 10.6. The summed E-state index contributed by atoms with van der Waals surface area (Å²) in [5, 5.41) is 3.70. The number of carbonyl (C=O) groups is 1. The van der Waals surface area contributed by atoms with Gasteiger partial charge >= 0.3 is 0 Å². The average molecular weight is 444 g/mol. The Labute approximate surface area is 189 Å². The Morgan fingerprint density at radius 1 is 0.933 bits per heavy atom. The number of carbonyl (C=O) groups excluding carboxylic acids is 1. The molecule has 2 aromatic rings. The molecule has 4 rings (SSSR count). The number of nitrogens with one attached hydrogen (secondary N) is 1. The quantitative estimate of drug-likeness (QED) is 0.596. The average Bonchev–Trinajstić information content (AvgIpc) is 2.80. The summed E-state index contributed by atoms with van der Waals surface area (Å²) in [7, 11) is 0. The van der Waals surface area contributed by atoms with Crippen LogP contribution in [0, 0.1) is 0 Å². The maximum absolute atomic E-state index is 12.3. The van der Waals surface area contributed by atoms with Crippen molar-refractivity contribution >= 4 is 40.6 Å². The molecule has 30 heavy (non-hydrogen) atoms. The molecule has 1 amide bonds. The predicted octanol–water partition coefficient (Wildman–Crippen LogP) is 5.53. The summed E-state index contributed by atoms with van der Waals surface area (Å²) < 4.78 is 0. The Kier molecular flexibility index (Phi) is 7.58. The molecule has 1 saturated heterocycles. The minimum Gasteiger partial charge on any atom is -0.369 e. The van der Waals surface area contributed by atoms with Crippen molar-refractivity contribution in [2.75, 3.05) is 42.1 Å². The van der Waals surface area contributed by atoms with E-state index in [1.54, 1.807) is 0 Å². The molecule has 0 spiro atoms. The standard InChI is InChI=1S/C24H30ClN3OS/c25-19-6-12-23(13-7-19)30-18-24(29)26-20-8-10-22(11-9-20)28-16-14-27(15-17-28)21-4-2-1-3-5-21/h6-13,21H,1-5,14-18H2,(H,26,29). The van der Waals surface area contributed by atoms with E-state index < -0.39 is 0 Å². The van der Waals surface area contributed by atoms with Crippen molar-refractivity contribution in [3.05, 3.63) is 53.6 Å². The Hall–Kier alpha value is -1.69. The molecule has 1 saturated carbocycles. The van der Waals surface area contributed by atoms with Gasteiger partial charge in [-0.2, -0.15) is 0 Å². The summed E-state index contributed by atoms with van der Waals surface area (Å²) >= 11 is 7.41. The van der Waals surface area contributed by atoms with Crippen LogP contribution in [0.25, 0.3) is 0 Å². The number of thioether (sulfide) groups is 1. The molecular weight excluding hydrogens is 414 g/mol. The molecule has 0 unspecified atom stereocenters. The summed E-state index contributed by atoms with van der Waals surface area (Å²) in [6.07, 6.45) is 6.97. The van der Waals surface area contributed by atoms with Gasteiger partial charge in [0.25, 0.3) is 0 Å². The Morgan fingerprint density at radius 3 is 2.27 bits per heavy atom. The zero-order valence-electron chi connectivity index (χ0n) is 17.4. The lowest BCUT2D eigenvalue weighted by molar-refractivity contribution is -0.113. The third-order valence-electron chi connectivity index (χ3n) is 6.11. The SMILES string of the molecule is O=C(CSc1ccc(Cl)cc1)Nc1ccc(N2CCN(C3CCCCC3)CC2)cc1. The van der Waals surface area contributed by atoms with Crippen molar-refractivity contribution < 1.29 is 4.79 Å². The van der Waals surface area contributed by atoms with Crippen LogP contribution in [0.2, 0.25) is 5.02 Å². The molecule has 1 aliphatic carbocycles. The molecule has 0 aromatic heterocycles. The third-order valence-corrected chi connectivity index (χ3v) is 7.37. The van der Waals surface area contributed by atoms with Crippen LogP contribution in [0.15, 0.2) is 53.4 Å². The van der Waals surface area contributed by atoms with Gasteiger partial charge in [-0.15, -0.1) is 11.8 Å². The normalized spacial score (nSPS) is 18.4. The highest BCUT2D eigenvalue weighted by Gasteiger charge is 2.25. The number of anilines is 2. The molecule has 1 aliphatic heterocycles. The highest BCUT2D eigenvalue weighted by Crippen LogP contribution is 2.26. The fraction of sp³-hybridized carbons (Fsp3) is 0.458. The Balaban J connectivity index is 1.23. The largest absolute Gasteiger partial charge is 0.369 e. The molecule has 0 atom stereocenters. The number of rotatable bonds is 6. The third kappa shape index (κ3) is 5.93. The molecular formula is C24H30ClN3OS. The van der Waals surface area contributed by atoms with Crippen molar-refractivity contribution in [2.24, 2.45) is 0 Å². The second-order valence-electron chi connectivity index (χ2n) is 8.15. The van der Waals surface area contributed by atoms with Crippen LogP contribution in [0.4, 0.5) is 11.4 Å². The second-order valence-corrected chi connectivity index (χ2v) is 9.64. The van der Waals surface area contributed by atoms with E-state index in [-0.39, 0.29) is 5.91 Å². The van der Waals surface area contributed by atoms with E-state index in [9.17, 15) is 4.79 Å². The first-order chi connectivity index (χ1) is 14.7. The molecule has 2 fully saturated rings. The van der Waals surface area contributed by atoms with Gasteiger partial charge in [0.2, 0.25) is 5.91 Å². The molecule has 0 bridgehead atoms. The van der Waals surface area contributed by atoms with Crippen molar-refractivity contribution in [3.63, 3.8) is 0 Å². The highest BCUT2D eigenvalue weighted by molar-refractivity contribution is 8.00. The van der Waals surface area contributed by atoms with E-state index in [2.05, 4.69) is 27.2 Å². The van der Waals surface area contributed by atoms with Gasteiger partial charge in [-0.3, -0.25) is 9.69 Å². The van der Waals surface area contributed by atoms with Gasteiger partial charge in [0.05, 0.1) is 5.75 Å². The minimum absolute atomic E-state index is 0.00352. The zero-order chi connectivity index (χ0) is 20.8. The number of benzene rings is 2. The first-order valence-corrected chi connectivity index (χ1v) is 12.3. The van der Waals surface area contributed by atoms with Crippen molar-refractivity contribution in [1.82, 2.24) is 4.90 Å². The van der Waals surface area contributed by atoms with Crippen LogP contribution in [-0.2, 0) is 4.79 Å². The number of amides is 1. The number of hydrogen-bond donors (Lipinski definition) is 1. The van der Waals surface area contributed by atoms with Gasteiger partial charge in [-0.05, 0) is 61.4 Å². The van der Waals surface area contributed by atoms with Gasteiger partial charge in [-0.1, -0.05) is 30.9 Å². The van der Waals surface area contributed by atoms with Crippen molar-refractivity contribution in [2.45, 2.75) is 43.0 Å². The molecule has 160 valence electrons. The lowest BCUT2D eigenvalue weighted by Gasteiger charge is -2.41. The lowest BCUT2D eigenvalue weighted by Crippen LogP contribution is -2.50. The van der Waals surface area contributed by atoms with Gasteiger partial charge in [0.15, 0.2) is 0 Å². The van der Waals surface area contributed by atoms with Gasteiger partial charge in [-0.25, -0.2) is 0 Å². The number of nitrogens with zero attached hydrogens (tertiary/aromatic N) is 2. The van der Waals surface area contributed by atoms with Gasteiger partial charge in [0, 0.05) is 53.5 Å². The van der Waals surface area contributed by atoms with E-state index >= 15 is 0 Å². The molecule has 2 aromatic carbocycles. The summed E-state index contributed by atoms with van der Waals surface area (Å²) in [4.78, 5) is 18.4. The molecule has 1 N–H and O–H groups in total. The summed E-state index contributed by atoms with van der Waals surface area (Å²) in [6, 6.07) is 16.6. The maximum atomic E-state index is 12.3. The summed E-state index contributed by atoms with van der Waals surface area (Å²) in [6.45, 7) is 4.48. The van der Waals surface area contributed by atoms with E-state index in [0.717, 1.165) is 42.8 Å². The summed E-state index contributed by atoms with van der Waals surface area (Å²) in [5.41, 5.74) is 2.09. The van der Waals surface area contributed by atoms with Crippen molar-refractivity contribution in [3.8, 4) is 0 Å². The molecule has 0 radical (unpaired) electrons. The summed E-state index contributed by atoms with van der Waals surface area (Å²) in [5.74, 6) is 0.385. The molecule has 2 aliphatic rings. The highest BCUT2D eigenvalue weighted by atomic mass is 35.5. The van der Waals surface area contributed by atoms with Crippen LogP contribution >= 0.6 is 23.4 Å². The van der Waals surface area contributed by atoms with Crippen LogP contribution < -0.4 is 10.2 Å². The maximum Gasteiger partial charge on any atom is 0.234 e. The monoisotopic (exact) mass is 443 g/mol. The van der Waals surface area contributed by atoms with Crippen LogP contribution in [0.5, 0.6) is 0 Å². The fourth-order valence-electron chi connectivity index (χ4n) is 4.42. The first kappa shape index (κ1) is 21.5. The molecule has 4 nitrogen and oxygen atoms in total. The van der Waals surface area contributed by atoms with E-state index in [1.165, 1.54) is 49.6 Å². The lowest BCUT2D eigenvalue weighted by atomic mass is 9.94. The molecule has 6 heteroatoms. The fourth-order valence-corrected chi connectivity index (χ4v) is 5.25. The number of piperazine rings is 1. The van der Waals surface area contributed by atoms with E-state index in [4.69, 9.17) is 11.6 Å². The Bertz CT molecular complexity index is 813. The van der Waals surface area contributed by atoms with Gasteiger partial charge in [0.1, 0.15) is 0 Å². The van der Waals surface area contributed by atoms with Crippen LogP contribution in [0.1, 0.15) is 32.1 Å². The van der Waals surface area contributed by atoms with Crippen molar-refractivity contribution in [1.29, 1.82) is 0 Å². The van der Waals surface area contributed by atoms with E-state index in [0.29, 0.717) is 10.8 Å². The smallest absolute Gasteiger partial charge is 0.234 e. The zero-order valence-corrected chi connectivity index (χ0v) is 18.9. The molecule has 1 heterocycles. The topological polar surface area (TPSA) is 35.6 Å². The minimum atomic E-state index is 0.00352. The van der Waals surface area contributed by atoms with Crippen LogP contribution in [-0.4, -0.2) is 48.8 Å². The number of halogens is 1. The number of hydrogen-bond acceptors (Lipinski definition) is 4. The predicted molar refractivity (Wildman–Crippen MR) is 128 cm³/mol. The van der Waals surface area contributed by atoms with E-state index in [1.807, 2.05) is 36.4 Å². The Morgan fingerprint density at radius 2 is 1.60 bits per heavy atom. The first-order valence-electron chi connectivity index (χ1n) is 10.9.